The number of halogens is 2. The molecule has 0 aliphatic carbocycles. The van der Waals surface area contributed by atoms with Crippen molar-refractivity contribution in [2.24, 2.45) is 5.92 Å². The predicted octanol–water partition coefficient (Wildman–Crippen LogP) is 3.20. The fraction of sp³-hybridized carbons (Fsp3) is 0.462. The second-order valence-corrected chi connectivity index (χ2v) is 7.63. The van der Waals surface area contributed by atoms with Crippen molar-refractivity contribution in [2.45, 2.75) is 13.8 Å². The summed E-state index contributed by atoms with van der Waals surface area (Å²) in [5, 5.41) is 0.169. The Morgan fingerprint density at radius 1 is 1.33 bits per heavy atom. The number of anilines is 1. The fourth-order valence-corrected chi connectivity index (χ4v) is 3.34. The number of carbonyl (C=O) groups is 1. The van der Waals surface area contributed by atoms with Gasteiger partial charge in [-0.05, 0) is 18.1 Å². The van der Waals surface area contributed by atoms with Gasteiger partial charge in [-0.1, -0.05) is 37.0 Å². The zero-order chi connectivity index (χ0) is 16.4. The third kappa shape index (κ3) is 4.25. The zero-order valence-corrected chi connectivity index (χ0v) is 14.5. The highest BCUT2D eigenvalue weighted by molar-refractivity contribution is 7.92. The van der Waals surface area contributed by atoms with Crippen molar-refractivity contribution in [1.29, 1.82) is 0 Å². The lowest BCUT2D eigenvalue weighted by molar-refractivity contribution is 0.0601. The number of hydrogen-bond acceptors (Lipinski definition) is 4. The van der Waals surface area contributed by atoms with Gasteiger partial charge in [0.05, 0.1) is 34.7 Å². The Bertz CT molecular complexity index is 644. The van der Waals surface area contributed by atoms with E-state index in [1.807, 2.05) is 13.8 Å². The molecule has 0 saturated carbocycles. The second-order valence-electron chi connectivity index (χ2n) is 4.94. The summed E-state index contributed by atoms with van der Waals surface area (Å²) >= 11 is 12.1. The van der Waals surface area contributed by atoms with E-state index in [0.29, 0.717) is 0 Å². The second kappa shape index (κ2) is 6.85. The van der Waals surface area contributed by atoms with Crippen LogP contribution in [0.25, 0.3) is 0 Å². The first-order chi connectivity index (χ1) is 9.59. The maximum absolute atomic E-state index is 12.1. The quantitative estimate of drug-likeness (QED) is 0.762. The summed E-state index contributed by atoms with van der Waals surface area (Å²) in [5.41, 5.74) is 0.102. The molecule has 0 aliphatic rings. The van der Waals surface area contributed by atoms with E-state index in [2.05, 4.69) is 4.74 Å². The largest absolute Gasteiger partial charge is 0.465 e. The van der Waals surface area contributed by atoms with Gasteiger partial charge in [0.2, 0.25) is 10.0 Å². The molecule has 0 aliphatic heterocycles. The van der Waals surface area contributed by atoms with Crippen LogP contribution in [0.5, 0.6) is 0 Å². The number of hydrogen-bond donors (Lipinski definition) is 0. The third-order valence-electron chi connectivity index (χ3n) is 2.66. The smallest absolute Gasteiger partial charge is 0.340 e. The van der Waals surface area contributed by atoms with Crippen LogP contribution in [0.4, 0.5) is 5.69 Å². The van der Waals surface area contributed by atoms with Crippen LogP contribution in [0.1, 0.15) is 24.2 Å². The van der Waals surface area contributed by atoms with E-state index >= 15 is 0 Å². The van der Waals surface area contributed by atoms with Crippen LogP contribution in [0, 0.1) is 5.92 Å². The van der Waals surface area contributed by atoms with Gasteiger partial charge < -0.3 is 4.74 Å². The minimum Gasteiger partial charge on any atom is -0.465 e. The Kier molecular flexibility index (Phi) is 5.90. The number of carbonyl (C=O) groups excluding carboxylic acids is 1. The van der Waals surface area contributed by atoms with E-state index in [1.54, 1.807) is 0 Å². The van der Waals surface area contributed by atoms with Crippen LogP contribution < -0.4 is 4.31 Å². The van der Waals surface area contributed by atoms with Crippen molar-refractivity contribution in [1.82, 2.24) is 0 Å². The summed E-state index contributed by atoms with van der Waals surface area (Å²) < 4.78 is 29.9. The maximum Gasteiger partial charge on any atom is 0.340 e. The molecule has 1 aromatic carbocycles. The lowest BCUT2D eigenvalue weighted by atomic mass is 10.1. The van der Waals surface area contributed by atoms with Gasteiger partial charge in [0.25, 0.3) is 0 Å². The highest BCUT2D eigenvalue weighted by atomic mass is 35.5. The SMILES string of the molecule is COC(=O)c1ccc(Cl)c(Cl)c1N(CC(C)C)S(C)(=O)=O. The molecule has 0 unspecified atom stereocenters. The Balaban J connectivity index is 3.63. The number of esters is 1. The van der Waals surface area contributed by atoms with Crippen molar-refractivity contribution < 1.29 is 17.9 Å². The highest BCUT2D eigenvalue weighted by Crippen LogP contribution is 2.37. The van der Waals surface area contributed by atoms with Gasteiger partial charge >= 0.3 is 5.97 Å². The molecule has 0 amide bonds. The van der Waals surface area contributed by atoms with Gasteiger partial charge in [-0.25, -0.2) is 13.2 Å². The van der Waals surface area contributed by atoms with Crippen molar-refractivity contribution in [3.05, 3.63) is 27.7 Å². The summed E-state index contributed by atoms with van der Waals surface area (Å²) in [5.74, 6) is -0.652. The van der Waals surface area contributed by atoms with E-state index in [9.17, 15) is 13.2 Å². The van der Waals surface area contributed by atoms with Crippen LogP contribution >= 0.6 is 23.2 Å². The molecule has 0 spiro atoms. The Morgan fingerprint density at radius 3 is 2.33 bits per heavy atom. The lowest BCUT2D eigenvalue weighted by Gasteiger charge is -2.27. The van der Waals surface area contributed by atoms with Crippen LogP contribution in [0.3, 0.4) is 0 Å². The van der Waals surface area contributed by atoms with E-state index in [-0.39, 0.29) is 33.8 Å². The van der Waals surface area contributed by atoms with E-state index in [4.69, 9.17) is 23.2 Å². The number of rotatable bonds is 5. The monoisotopic (exact) mass is 353 g/mol. The molecule has 1 aromatic rings. The van der Waals surface area contributed by atoms with E-state index in [0.717, 1.165) is 10.6 Å². The molecule has 0 atom stereocenters. The molecule has 118 valence electrons. The highest BCUT2D eigenvalue weighted by Gasteiger charge is 2.28. The minimum absolute atomic E-state index is 0.00522. The first kappa shape index (κ1) is 18.1. The molecule has 0 aromatic heterocycles. The number of benzene rings is 1. The topological polar surface area (TPSA) is 63.7 Å². The average molecular weight is 354 g/mol. The summed E-state index contributed by atoms with van der Waals surface area (Å²) in [6.07, 6.45) is 1.05. The molecule has 0 radical (unpaired) electrons. The molecule has 21 heavy (non-hydrogen) atoms. The van der Waals surface area contributed by atoms with Crippen LogP contribution in [-0.4, -0.2) is 34.3 Å². The maximum atomic E-state index is 12.1. The van der Waals surface area contributed by atoms with E-state index < -0.39 is 16.0 Å². The predicted molar refractivity (Wildman–Crippen MR) is 84.8 cm³/mol. The number of sulfonamides is 1. The summed E-state index contributed by atoms with van der Waals surface area (Å²) in [6, 6.07) is 2.82. The summed E-state index contributed by atoms with van der Waals surface area (Å²) in [4.78, 5) is 11.9. The molecule has 1 rings (SSSR count). The van der Waals surface area contributed by atoms with Gasteiger partial charge in [-0.2, -0.15) is 0 Å². The van der Waals surface area contributed by atoms with Gasteiger partial charge in [-0.3, -0.25) is 4.31 Å². The molecule has 0 heterocycles. The first-order valence-electron chi connectivity index (χ1n) is 6.13. The first-order valence-corrected chi connectivity index (χ1v) is 8.74. The van der Waals surface area contributed by atoms with Gasteiger partial charge in [-0.15, -0.1) is 0 Å². The normalized spacial score (nSPS) is 11.6. The third-order valence-corrected chi connectivity index (χ3v) is 4.58. The zero-order valence-electron chi connectivity index (χ0n) is 12.2. The number of ether oxygens (including phenoxy) is 1. The summed E-state index contributed by atoms with van der Waals surface area (Å²) in [6.45, 7) is 3.88. The van der Waals surface area contributed by atoms with Gasteiger partial charge in [0.15, 0.2) is 0 Å². The molecule has 0 saturated heterocycles. The Morgan fingerprint density at radius 2 is 1.90 bits per heavy atom. The molecule has 0 bridgehead atoms. The molecular weight excluding hydrogens is 337 g/mol. The Labute approximate surface area is 134 Å². The summed E-state index contributed by atoms with van der Waals surface area (Å²) in [7, 11) is -2.42. The Hall–Kier alpha value is -0.980. The minimum atomic E-state index is -3.63. The standard InChI is InChI=1S/C13H17Cl2NO4S/c1-8(2)7-16(21(4,18)19)12-9(13(17)20-3)5-6-10(14)11(12)15/h5-6,8H,7H2,1-4H3. The van der Waals surface area contributed by atoms with Crippen molar-refractivity contribution in [3.8, 4) is 0 Å². The van der Waals surface area contributed by atoms with Crippen molar-refractivity contribution in [2.75, 3.05) is 24.2 Å². The van der Waals surface area contributed by atoms with Crippen LogP contribution in [-0.2, 0) is 14.8 Å². The molecular formula is C13H17Cl2NO4S. The van der Waals surface area contributed by atoms with Crippen molar-refractivity contribution in [3.63, 3.8) is 0 Å². The van der Waals surface area contributed by atoms with Gasteiger partial charge in [0, 0.05) is 6.54 Å². The molecule has 0 N–H and O–H groups in total. The van der Waals surface area contributed by atoms with Crippen LogP contribution in [0.2, 0.25) is 10.0 Å². The lowest BCUT2D eigenvalue weighted by Crippen LogP contribution is -2.35. The average Bonchev–Trinajstić information content (AvgIpc) is 2.37. The van der Waals surface area contributed by atoms with Gasteiger partial charge in [0.1, 0.15) is 0 Å². The molecule has 5 nitrogen and oxygen atoms in total. The molecule has 0 fully saturated rings. The molecule has 8 heteroatoms. The van der Waals surface area contributed by atoms with Crippen molar-refractivity contribution >= 4 is 44.9 Å². The fourth-order valence-electron chi connectivity index (χ4n) is 1.78. The number of methoxy groups -OCH3 is 1. The number of nitrogens with zero attached hydrogens (tertiary/aromatic N) is 1. The van der Waals surface area contributed by atoms with Crippen LogP contribution in [0.15, 0.2) is 12.1 Å². The van der Waals surface area contributed by atoms with E-state index in [1.165, 1.54) is 19.2 Å².